The van der Waals surface area contributed by atoms with E-state index >= 15 is 0 Å². The molecule has 2 aromatic rings. The largest absolute Gasteiger partial charge is 0.387 e. The van der Waals surface area contributed by atoms with E-state index in [0.29, 0.717) is 17.5 Å². The van der Waals surface area contributed by atoms with Crippen molar-refractivity contribution in [1.29, 1.82) is 0 Å². The number of rotatable bonds is 4. The van der Waals surface area contributed by atoms with Crippen molar-refractivity contribution in [3.8, 4) is 0 Å². The van der Waals surface area contributed by atoms with Crippen LogP contribution in [-0.2, 0) is 0 Å². The molecular formula is C8H8ClN3OS2. The summed E-state index contributed by atoms with van der Waals surface area (Å²) in [5.41, 5.74) is 0.895. The van der Waals surface area contributed by atoms with E-state index < -0.39 is 6.10 Å². The summed E-state index contributed by atoms with van der Waals surface area (Å²) in [5.74, 6) is 0.524. The Morgan fingerprint density at radius 2 is 2.40 bits per heavy atom. The summed E-state index contributed by atoms with van der Waals surface area (Å²) in [6, 6.07) is 1.89. The van der Waals surface area contributed by atoms with Crippen LogP contribution in [0, 0.1) is 0 Å². The monoisotopic (exact) mass is 261 g/mol. The van der Waals surface area contributed by atoms with Gasteiger partial charge in [0.05, 0.1) is 17.8 Å². The molecule has 2 N–H and O–H groups in total. The average Bonchev–Trinajstić information content (AvgIpc) is 2.85. The maximum atomic E-state index is 9.76. The van der Waals surface area contributed by atoms with E-state index in [1.807, 2.05) is 16.8 Å². The first-order chi connectivity index (χ1) is 7.27. The number of nitrogens with zero attached hydrogens (tertiary/aromatic N) is 2. The van der Waals surface area contributed by atoms with Gasteiger partial charge >= 0.3 is 0 Å². The molecule has 0 aliphatic rings. The predicted molar refractivity (Wildman–Crippen MR) is 62.7 cm³/mol. The van der Waals surface area contributed by atoms with Gasteiger partial charge in [-0.15, -0.1) is 0 Å². The van der Waals surface area contributed by atoms with Crippen LogP contribution in [0.4, 0.5) is 5.82 Å². The van der Waals surface area contributed by atoms with E-state index in [2.05, 4.69) is 14.1 Å². The van der Waals surface area contributed by atoms with Crippen molar-refractivity contribution in [2.24, 2.45) is 0 Å². The molecule has 2 rings (SSSR count). The number of hydrogen-bond donors (Lipinski definition) is 2. The molecule has 7 heteroatoms. The zero-order chi connectivity index (χ0) is 10.7. The summed E-state index contributed by atoms with van der Waals surface area (Å²) in [5, 5.41) is 16.9. The summed E-state index contributed by atoms with van der Waals surface area (Å²) in [4.78, 5) is 0. The number of anilines is 1. The Morgan fingerprint density at radius 3 is 3.00 bits per heavy atom. The molecule has 1 atom stereocenters. The average molecular weight is 262 g/mol. The van der Waals surface area contributed by atoms with Gasteiger partial charge in [-0.25, -0.2) is 0 Å². The van der Waals surface area contributed by atoms with Crippen LogP contribution in [0.3, 0.4) is 0 Å². The molecular weight excluding hydrogens is 254 g/mol. The minimum absolute atomic E-state index is 0.345. The summed E-state index contributed by atoms with van der Waals surface area (Å²) in [6.45, 7) is 0.377. The number of thiophene rings is 1. The summed E-state index contributed by atoms with van der Waals surface area (Å²) in [6.07, 6.45) is -0.547. The first kappa shape index (κ1) is 10.8. The fourth-order valence-corrected chi connectivity index (χ4v) is 2.45. The minimum atomic E-state index is -0.547. The van der Waals surface area contributed by atoms with Crippen molar-refractivity contribution in [2.75, 3.05) is 11.9 Å². The first-order valence-electron chi connectivity index (χ1n) is 4.19. The normalized spacial score (nSPS) is 12.7. The van der Waals surface area contributed by atoms with E-state index in [1.54, 1.807) is 11.3 Å². The van der Waals surface area contributed by atoms with E-state index in [-0.39, 0.29) is 0 Å². The number of aliphatic hydroxyl groups excluding tert-OH is 1. The SMILES string of the molecule is OC(CNc1nsnc1Cl)c1ccsc1. The Kier molecular flexibility index (Phi) is 3.53. The van der Waals surface area contributed by atoms with Crippen molar-refractivity contribution in [1.82, 2.24) is 8.75 Å². The molecule has 4 nitrogen and oxygen atoms in total. The summed E-state index contributed by atoms with van der Waals surface area (Å²) in [7, 11) is 0. The highest BCUT2D eigenvalue weighted by molar-refractivity contribution is 7.08. The Morgan fingerprint density at radius 1 is 1.53 bits per heavy atom. The molecule has 0 saturated heterocycles. The number of nitrogens with one attached hydrogen (secondary N) is 1. The van der Waals surface area contributed by atoms with Crippen LogP contribution in [0.15, 0.2) is 16.8 Å². The molecule has 1 unspecified atom stereocenters. The van der Waals surface area contributed by atoms with Crippen molar-refractivity contribution in [2.45, 2.75) is 6.10 Å². The zero-order valence-electron chi connectivity index (χ0n) is 7.55. The Labute approximate surface area is 99.9 Å². The first-order valence-corrected chi connectivity index (χ1v) is 6.24. The number of halogens is 1. The highest BCUT2D eigenvalue weighted by atomic mass is 35.5. The molecule has 0 spiro atoms. The van der Waals surface area contributed by atoms with Gasteiger partial charge in [0.1, 0.15) is 0 Å². The van der Waals surface area contributed by atoms with Crippen molar-refractivity contribution >= 4 is 40.5 Å². The molecule has 2 aromatic heterocycles. The molecule has 0 aliphatic carbocycles. The van der Waals surface area contributed by atoms with Gasteiger partial charge in [-0.1, -0.05) is 11.6 Å². The fraction of sp³-hybridized carbons (Fsp3) is 0.250. The third kappa shape index (κ3) is 2.66. The molecule has 0 aromatic carbocycles. The number of aromatic nitrogens is 2. The molecule has 0 amide bonds. The second kappa shape index (κ2) is 4.89. The lowest BCUT2D eigenvalue weighted by Gasteiger charge is -2.09. The van der Waals surface area contributed by atoms with E-state index in [1.165, 1.54) is 0 Å². The Balaban J connectivity index is 1.91. The molecule has 0 radical (unpaired) electrons. The minimum Gasteiger partial charge on any atom is -0.387 e. The standard InChI is InChI=1S/C8H8ClN3OS2/c9-7-8(12-15-11-7)10-3-6(13)5-1-2-14-4-5/h1-2,4,6,13H,3H2,(H,10,12). The zero-order valence-corrected chi connectivity index (χ0v) is 9.94. The second-order valence-electron chi connectivity index (χ2n) is 2.86. The highest BCUT2D eigenvalue weighted by Gasteiger charge is 2.10. The van der Waals surface area contributed by atoms with Gasteiger partial charge in [0.25, 0.3) is 0 Å². The van der Waals surface area contributed by atoms with Gasteiger partial charge < -0.3 is 10.4 Å². The van der Waals surface area contributed by atoms with Gasteiger partial charge in [0.2, 0.25) is 0 Å². The molecule has 0 aliphatic heterocycles. The van der Waals surface area contributed by atoms with Gasteiger partial charge in [0, 0.05) is 6.54 Å². The molecule has 80 valence electrons. The smallest absolute Gasteiger partial charge is 0.186 e. The number of aliphatic hydroxyl groups is 1. The number of hydrogen-bond acceptors (Lipinski definition) is 6. The third-order valence-corrected chi connectivity index (χ3v) is 3.43. The lowest BCUT2D eigenvalue weighted by atomic mass is 10.2. The predicted octanol–water partition coefficient (Wildman–Crippen LogP) is 2.40. The van der Waals surface area contributed by atoms with Crippen LogP contribution < -0.4 is 5.32 Å². The van der Waals surface area contributed by atoms with Crippen molar-refractivity contribution in [3.63, 3.8) is 0 Å². The van der Waals surface area contributed by atoms with Gasteiger partial charge in [-0.3, -0.25) is 0 Å². The maximum absolute atomic E-state index is 9.76. The van der Waals surface area contributed by atoms with Crippen LogP contribution in [0.25, 0.3) is 0 Å². The summed E-state index contributed by atoms with van der Waals surface area (Å²) < 4.78 is 7.76. The topological polar surface area (TPSA) is 58.0 Å². The third-order valence-electron chi connectivity index (χ3n) is 1.84. The Hall–Kier alpha value is -0.690. The quantitative estimate of drug-likeness (QED) is 0.887. The van der Waals surface area contributed by atoms with Gasteiger partial charge in [-0.05, 0) is 22.4 Å². The molecule has 2 heterocycles. The van der Waals surface area contributed by atoms with E-state index in [0.717, 1.165) is 17.3 Å². The second-order valence-corrected chi connectivity index (χ2v) is 4.52. The lowest BCUT2D eigenvalue weighted by molar-refractivity contribution is 0.192. The van der Waals surface area contributed by atoms with Crippen molar-refractivity contribution < 1.29 is 5.11 Å². The van der Waals surface area contributed by atoms with Crippen LogP contribution >= 0.6 is 34.7 Å². The molecule has 0 bridgehead atoms. The van der Waals surface area contributed by atoms with Crippen LogP contribution in [0.5, 0.6) is 0 Å². The molecule has 15 heavy (non-hydrogen) atoms. The van der Waals surface area contributed by atoms with Crippen LogP contribution in [0.2, 0.25) is 5.15 Å². The van der Waals surface area contributed by atoms with Crippen molar-refractivity contribution in [3.05, 3.63) is 27.5 Å². The van der Waals surface area contributed by atoms with Gasteiger partial charge in [-0.2, -0.15) is 20.1 Å². The van der Waals surface area contributed by atoms with E-state index in [4.69, 9.17) is 11.6 Å². The maximum Gasteiger partial charge on any atom is 0.186 e. The van der Waals surface area contributed by atoms with Crippen LogP contribution in [0.1, 0.15) is 11.7 Å². The summed E-state index contributed by atoms with van der Waals surface area (Å²) >= 11 is 8.34. The Bertz CT molecular complexity index is 417. The van der Waals surface area contributed by atoms with E-state index in [9.17, 15) is 5.11 Å². The molecule has 0 saturated carbocycles. The fourth-order valence-electron chi connectivity index (χ4n) is 1.06. The van der Waals surface area contributed by atoms with Gasteiger partial charge in [0.15, 0.2) is 11.0 Å². The highest BCUT2D eigenvalue weighted by Crippen LogP contribution is 2.20. The van der Waals surface area contributed by atoms with Crippen LogP contribution in [-0.4, -0.2) is 20.4 Å². The lowest BCUT2D eigenvalue weighted by Crippen LogP contribution is -2.11. The molecule has 0 fully saturated rings.